The van der Waals surface area contributed by atoms with Gasteiger partial charge in [-0.05, 0) is 55.8 Å². The Morgan fingerprint density at radius 2 is 1.97 bits per heavy atom. The van der Waals surface area contributed by atoms with Gasteiger partial charge in [0.1, 0.15) is 11.5 Å². The fourth-order valence-corrected chi connectivity index (χ4v) is 5.73. The number of thioether (sulfide) groups is 1. The first kappa shape index (κ1) is 28.0. The van der Waals surface area contributed by atoms with Gasteiger partial charge >= 0.3 is 6.18 Å². The fraction of sp³-hybridized carbons (Fsp3) is 0.346. The summed E-state index contributed by atoms with van der Waals surface area (Å²) < 4.78 is 40.5. The number of carbonyl (C=O) groups is 2. The predicted octanol–water partition coefficient (Wildman–Crippen LogP) is 4.82. The molecule has 0 saturated carbocycles. The third kappa shape index (κ3) is 6.33. The van der Waals surface area contributed by atoms with E-state index in [4.69, 9.17) is 17.3 Å². The van der Waals surface area contributed by atoms with Crippen LogP contribution in [0.4, 0.5) is 13.2 Å². The summed E-state index contributed by atoms with van der Waals surface area (Å²) in [7, 11) is 0. The first-order valence-corrected chi connectivity index (χ1v) is 13.2. The summed E-state index contributed by atoms with van der Waals surface area (Å²) in [5, 5.41) is 10.8. The molecule has 7 nitrogen and oxygen atoms in total. The Bertz CT molecular complexity index is 1440. The SMILES string of the molecule is NC(=O)C1CCCN(CCC(=O)CSc2c(-c3cc(Cl)ccc3O)c3cc(C(F)(F)F)ccc3[nH]c2=O)C1. The average molecular weight is 568 g/mol. The summed E-state index contributed by atoms with van der Waals surface area (Å²) in [4.78, 5) is 41.9. The van der Waals surface area contributed by atoms with Gasteiger partial charge in [-0.25, -0.2) is 0 Å². The summed E-state index contributed by atoms with van der Waals surface area (Å²) in [6.45, 7) is 1.65. The Labute approximate surface area is 225 Å². The highest BCUT2D eigenvalue weighted by Gasteiger charge is 2.31. The second-order valence-electron chi connectivity index (χ2n) is 9.20. The zero-order chi connectivity index (χ0) is 27.6. The van der Waals surface area contributed by atoms with Crippen LogP contribution < -0.4 is 11.3 Å². The molecule has 1 atom stereocenters. The van der Waals surface area contributed by atoms with Gasteiger partial charge in [-0.15, -0.1) is 11.8 Å². The maximum Gasteiger partial charge on any atom is 0.416 e. The number of aromatic nitrogens is 1. The summed E-state index contributed by atoms with van der Waals surface area (Å²) in [6, 6.07) is 6.98. The molecule has 38 heavy (non-hydrogen) atoms. The van der Waals surface area contributed by atoms with Crippen LogP contribution in [0.5, 0.6) is 5.75 Å². The van der Waals surface area contributed by atoms with Crippen LogP contribution in [0.15, 0.2) is 46.1 Å². The molecule has 1 fully saturated rings. The molecule has 1 saturated heterocycles. The summed E-state index contributed by atoms with van der Waals surface area (Å²) in [6.07, 6.45) is -2.95. The number of H-pyrrole nitrogens is 1. The molecular formula is C26H25ClF3N3O4S. The molecule has 12 heteroatoms. The molecule has 4 N–H and O–H groups in total. The number of phenols is 1. The lowest BCUT2D eigenvalue weighted by atomic mass is 9.97. The van der Waals surface area contributed by atoms with Gasteiger partial charge in [-0.3, -0.25) is 14.4 Å². The molecule has 1 aliphatic rings. The van der Waals surface area contributed by atoms with Crippen molar-refractivity contribution >= 4 is 46.0 Å². The number of nitrogens with zero attached hydrogens (tertiary/aromatic N) is 1. The number of fused-ring (bicyclic) bond motifs is 1. The van der Waals surface area contributed by atoms with Crippen LogP contribution >= 0.6 is 23.4 Å². The number of pyridine rings is 1. The Kier molecular flexibility index (Phi) is 8.39. The highest BCUT2D eigenvalue weighted by Crippen LogP contribution is 2.42. The number of aromatic amines is 1. The lowest BCUT2D eigenvalue weighted by Crippen LogP contribution is -2.41. The molecule has 1 unspecified atom stereocenters. The van der Waals surface area contributed by atoms with Gasteiger partial charge in [0.15, 0.2) is 0 Å². The van der Waals surface area contributed by atoms with Gasteiger partial charge in [-0.1, -0.05) is 11.6 Å². The van der Waals surface area contributed by atoms with Gasteiger partial charge < -0.3 is 20.7 Å². The van der Waals surface area contributed by atoms with Crippen LogP contribution in [-0.4, -0.2) is 52.1 Å². The van der Waals surface area contributed by atoms with Crippen molar-refractivity contribution in [2.24, 2.45) is 11.7 Å². The Morgan fingerprint density at radius 1 is 1.21 bits per heavy atom. The number of nitrogens with one attached hydrogen (secondary N) is 1. The van der Waals surface area contributed by atoms with Crippen LogP contribution in [-0.2, 0) is 15.8 Å². The maximum atomic E-state index is 13.5. The van der Waals surface area contributed by atoms with Crippen molar-refractivity contribution < 1.29 is 27.9 Å². The van der Waals surface area contributed by atoms with Crippen molar-refractivity contribution in [3.05, 3.63) is 57.3 Å². The molecule has 2 heterocycles. The normalized spacial score (nSPS) is 16.6. The molecule has 2 aromatic carbocycles. The van der Waals surface area contributed by atoms with E-state index >= 15 is 0 Å². The molecule has 0 aliphatic carbocycles. The molecule has 0 spiro atoms. The number of phenolic OH excluding ortho intramolecular Hbond substituents is 1. The van der Waals surface area contributed by atoms with E-state index in [2.05, 4.69) is 4.98 Å². The smallest absolute Gasteiger partial charge is 0.416 e. The molecule has 1 amide bonds. The number of hydrogen-bond donors (Lipinski definition) is 3. The number of benzene rings is 2. The minimum Gasteiger partial charge on any atom is -0.507 e. The lowest BCUT2D eigenvalue weighted by Gasteiger charge is -2.30. The number of nitrogens with two attached hydrogens (primary N) is 1. The fourth-order valence-electron chi connectivity index (χ4n) is 4.56. The van der Waals surface area contributed by atoms with Gasteiger partial charge in [0, 0.05) is 46.6 Å². The van der Waals surface area contributed by atoms with Crippen molar-refractivity contribution in [3.8, 4) is 16.9 Å². The van der Waals surface area contributed by atoms with Crippen molar-refractivity contribution in [3.63, 3.8) is 0 Å². The number of Topliss-reactive ketones (excluding diaryl/α,β-unsaturated/α-hetero) is 1. The number of piperidine rings is 1. The number of carbonyl (C=O) groups excluding carboxylic acids is 2. The zero-order valence-electron chi connectivity index (χ0n) is 20.1. The standard InChI is InChI=1S/C26H25ClF3N3O4S/c27-16-4-6-21(35)19(11-16)22-18-10-15(26(28,29)30)3-5-20(18)32-25(37)23(22)38-13-17(34)7-9-33-8-1-2-14(12-33)24(31)36/h3-6,10-11,14,35H,1-2,7-9,12-13H2,(H2,31,36)(H,32,37). The van der Waals surface area contributed by atoms with E-state index in [1.165, 1.54) is 18.2 Å². The summed E-state index contributed by atoms with van der Waals surface area (Å²) in [5.74, 6) is -1.19. The van der Waals surface area contributed by atoms with E-state index in [1.54, 1.807) is 0 Å². The van der Waals surface area contributed by atoms with Crippen molar-refractivity contribution in [2.75, 3.05) is 25.4 Å². The van der Waals surface area contributed by atoms with Crippen molar-refractivity contribution in [1.29, 1.82) is 0 Å². The van der Waals surface area contributed by atoms with Gasteiger partial charge in [0.05, 0.1) is 22.1 Å². The van der Waals surface area contributed by atoms with Gasteiger partial charge in [-0.2, -0.15) is 13.2 Å². The van der Waals surface area contributed by atoms with Crippen molar-refractivity contribution in [1.82, 2.24) is 9.88 Å². The second kappa shape index (κ2) is 11.4. The molecule has 4 rings (SSSR count). The zero-order valence-corrected chi connectivity index (χ0v) is 21.7. The molecule has 202 valence electrons. The maximum absolute atomic E-state index is 13.5. The number of hydrogen-bond acceptors (Lipinski definition) is 6. The number of amides is 1. The topological polar surface area (TPSA) is 116 Å². The molecule has 3 aromatic rings. The molecule has 0 bridgehead atoms. The molecule has 0 radical (unpaired) electrons. The highest BCUT2D eigenvalue weighted by atomic mass is 35.5. The summed E-state index contributed by atoms with van der Waals surface area (Å²) >= 11 is 7.00. The molecule has 1 aromatic heterocycles. The van der Waals surface area contributed by atoms with E-state index < -0.39 is 17.3 Å². The molecular weight excluding hydrogens is 543 g/mol. The Hall–Kier alpha value is -3.02. The van der Waals surface area contributed by atoms with E-state index in [0.29, 0.717) is 13.1 Å². The van der Waals surface area contributed by atoms with E-state index in [-0.39, 0.29) is 67.5 Å². The monoisotopic (exact) mass is 567 g/mol. The van der Waals surface area contributed by atoms with E-state index in [9.17, 15) is 32.7 Å². The Balaban J connectivity index is 1.64. The quantitative estimate of drug-likeness (QED) is 0.336. The number of ketones is 1. The highest BCUT2D eigenvalue weighted by molar-refractivity contribution is 8.00. The number of alkyl halides is 3. The first-order valence-electron chi connectivity index (χ1n) is 11.9. The van der Waals surface area contributed by atoms with Crippen LogP contribution in [0.1, 0.15) is 24.8 Å². The third-order valence-corrected chi connectivity index (χ3v) is 7.90. The van der Waals surface area contributed by atoms with Crippen LogP contribution in [0.2, 0.25) is 5.02 Å². The second-order valence-corrected chi connectivity index (χ2v) is 10.6. The summed E-state index contributed by atoms with van der Waals surface area (Å²) in [5.41, 5.74) is 4.16. The predicted molar refractivity (Wildman–Crippen MR) is 140 cm³/mol. The van der Waals surface area contributed by atoms with Crippen LogP contribution in [0.25, 0.3) is 22.0 Å². The number of rotatable bonds is 8. The van der Waals surface area contributed by atoms with Crippen molar-refractivity contribution in [2.45, 2.75) is 30.3 Å². The minimum absolute atomic E-state index is 0.00509. The third-order valence-electron chi connectivity index (χ3n) is 6.52. The lowest BCUT2D eigenvalue weighted by molar-refractivity contribution is -0.137. The van der Waals surface area contributed by atoms with Gasteiger partial charge in [0.25, 0.3) is 5.56 Å². The molecule has 1 aliphatic heterocycles. The van der Waals surface area contributed by atoms with Crippen LogP contribution in [0, 0.1) is 5.92 Å². The number of halogens is 4. The van der Waals surface area contributed by atoms with E-state index in [1.807, 2.05) is 4.90 Å². The van der Waals surface area contributed by atoms with Gasteiger partial charge in [0.2, 0.25) is 5.91 Å². The average Bonchev–Trinajstić information content (AvgIpc) is 2.86. The minimum atomic E-state index is -4.64. The van der Waals surface area contributed by atoms with Crippen LogP contribution in [0.3, 0.4) is 0 Å². The van der Waals surface area contributed by atoms with E-state index in [0.717, 1.165) is 49.3 Å². The number of likely N-dealkylation sites (tertiary alicyclic amines) is 1. The number of primary amides is 1. The largest absolute Gasteiger partial charge is 0.507 e. The number of aromatic hydroxyl groups is 1. The first-order chi connectivity index (χ1) is 17.9. The Morgan fingerprint density at radius 3 is 2.68 bits per heavy atom.